The number of hydrogen-bond donors (Lipinski definition) is 0. The standard InChI is InChI=1S/C10H13NOS.C2H6/c1-6(2)10-11-9-7(12)4-3-5-8(9)13-10;1-2/h6H,3-5H2,1-2H3;1-2H3. The number of thiazole rings is 1. The van der Waals surface area contributed by atoms with Crippen LogP contribution in [0.4, 0.5) is 0 Å². The van der Waals surface area contributed by atoms with Crippen LogP contribution in [0.25, 0.3) is 0 Å². The Morgan fingerprint density at radius 3 is 2.47 bits per heavy atom. The van der Waals surface area contributed by atoms with Gasteiger partial charge in [-0.2, -0.15) is 0 Å². The van der Waals surface area contributed by atoms with E-state index in [1.807, 2.05) is 13.8 Å². The number of rotatable bonds is 1. The van der Waals surface area contributed by atoms with Crippen molar-refractivity contribution in [1.82, 2.24) is 4.98 Å². The normalized spacial score (nSPS) is 14.6. The molecule has 84 valence electrons. The molecule has 0 atom stereocenters. The molecule has 1 aliphatic rings. The van der Waals surface area contributed by atoms with Crippen LogP contribution in [0.15, 0.2) is 0 Å². The molecule has 0 amide bonds. The van der Waals surface area contributed by atoms with Gasteiger partial charge in [0.25, 0.3) is 0 Å². The van der Waals surface area contributed by atoms with E-state index in [0.29, 0.717) is 12.3 Å². The third-order valence-corrected chi connectivity index (χ3v) is 3.70. The minimum absolute atomic E-state index is 0.240. The Morgan fingerprint density at radius 2 is 1.93 bits per heavy atom. The Balaban J connectivity index is 0.000000531. The smallest absolute Gasteiger partial charge is 0.182 e. The maximum atomic E-state index is 11.5. The number of aryl methyl sites for hydroxylation is 1. The monoisotopic (exact) mass is 225 g/mol. The molecule has 1 aromatic rings. The number of nitrogens with zero attached hydrogens (tertiary/aromatic N) is 1. The van der Waals surface area contributed by atoms with Gasteiger partial charge in [-0.1, -0.05) is 27.7 Å². The van der Waals surface area contributed by atoms with Crippen LogP contribution < -0.4 is 0 Å². The summed E-state index contributed by atoms with van der Waals surface area (Å²) in [6.07, 6.45) is 2.74. The fraction of sp³-hybridized carbons (Fsp3) is 0.667. The molecule has 0 aromatic carbocycles. The second-order valence-corrected chi connectivity index (χ2v) is 4.87. The van der Waals surface area contributed by atoms with Gasteiger partial charge in [-0.05, 0) is 12.8 Å². The predicted octanol–water partition coefficient (Wildman–Crippen LogP) is 3.81. The molecule has 0 spiro atoms. The summed E-state index contributed by atoms with van der Waals surface area (Å²) in [6, 6.07) is 0. The van der Waals surface area contributed by atoms with E-state index in [1.54, 1.807) is 11.3 Å². The number of carbonyl (C=O) groups is 1. The molecular formula is C12H19NOS. The average molecular weight is 225 g/mol. The molecule has 2 rings (SSSR count). The molecule has 0 N–H and O–H groups in total. The minimum atomic E-state index is 0.240. The third-order valence-electron chi connectivity index (χ3n) is 2.28. The number of fused-ring (bicyclic) bond motifs is 1. The van der Waals surface area contributed by atoms with Crippen molar-refractivity contribution in [3.05, 3.63) is 15.6 Å². The zero-order valence-corrected chi connectivity index (χ0v) is 10.8. The number of Topliss-reactive ketones (excluding diaryl/α,β-unsaturated/α-hetero) is 1. The van der Waals surface area contributed by atoms with Crippen molar-refractivity contribution in [3.8, 4) is 0 Å². The molecule has 15 heavy (non-hydrogen) atoms. The summed E-state index contributed by atoms with van der Waals surface area (Å²) in [7, 11) is 0. The van der Waals surface area contributed by atoms with Crippen LogP contribution >= 0.6 is 11.3 Å². The van der Waals surface area contributed by atoms with Crippen LogP contribution in [0.3, 0.4) is 0 Å². The summed E-state index contributed by atoms with van der Waals surface area (Å²) in [4.78, 5) is 17.1. The molecule has 1 aromatic heterocycles. The summed E-state index contributed by atoms with van der Waals surface area (Å²) < 4.78 is 0. The van der Waals surface area contributed by atoms with Crippen molar-refractivity contribution in [3.63, 3.8) is 0 Å². The summed E-state index contributed by atoms with van der Waals surface area (Å²) in [6.45, 7) is 8.24. The van der Waals surface area contributed by atoms with Gasteiger partial charge >= 0.3 is 0 Å². The van der Waals surface area contributed by atoms with Gasteiger partial charge in [0.2, 0.25) is 0 Å². The topological polar surface area (TPSA) is 30.0 Å². The van der Waals surface area contributed by atoms with E-state index in [1.165, 1.54) is 4.88 Å². The Kier molecular flexibility index (Phi) is 4.45. The fourth-order valence-electron chi connectivity index (χ4n) is 1.53. The molecule has 3 heteroatoms. The lowest BCUT2D eigenvalue weighted by molar-refractivity contribution is 0.0968. The highest BCUT2D eigenvalue weighted by Gasteiger charge is 2.22. The Labute approximate surface area is 95.7 Å². The Hall–Kier alpha value is -0.700. The van der Waals surface area contributed by atoms with E-state index in [2.05, 4.69) is 18.8 Å². The Morgan fingerprint density at radius 1 is 1.27 bits per heavy atom. The highest BCUT2D eigenvalue weighted by molar-refractivity contribution is 7.12. The van der Waals surface area contributed by atoms with Gasteiger partial charge in [0.05, 0.1) is 5.01 Å². The first-order chi connectivity index (χ1) is 7.18. The number of hydrogen-bond acceptors (Lipinski definition) is 3. The second-order valence-electron chi connectivity index (χ2n) is 3.76. The summed E-state index contributed by atoms with van der Waals surface area (Å²) in [5.74, 6) is 0.688. The van der Waals surface area contributed by atoms with Crippen molar-refractivity contribution in [2.45, 2.75) is 52.9 Å². The maximum absolute atomic E-state index is 11.5. The van der Waals surface area contributed by atoms with E-state index in [9.17, 15) is 4.79 Å². The molecule has 0 aliphatic heterocycles. The SMILES string of the molecule is CC.CC(C)c1nc2c(s1)CCCC2=O. The van der Waals surface area contributed by atoms with E-state index in [0.717, 1.165) is 23.5 Å². The summed E-state index contributed by atoms with van der Waals surface area (Å²) >= 11 is 1.72. The van der Waals surface area contributed by atoms with Crippen LogP contribution in [0.2, 0.25) is 0 Å². The van der Waals surface area contributed by atoms with Crippen LogP contribution in [-0.4, -0.2) is 10.8 Å². The van der Waals surface area contributed by atoms with Gasteiger partial charge < -0.3 is 0 Å². The first-order valence-corrected chi connectivity index (χ1v) is 6.53. The van der Waals surface area contributed by atoms with E-state index >= 15 is 0 Å². The summed E-state index contributed by atoms with van der Waals surface area (Å²) in [5, 5.41) is 1.11. The minimum Gasteiger partial charge on any atom is -0.292 e. The van der Waals surface area contributed by atoms with Crippen LogP contribution in [-0.2, 0) is 6.42 Å². The van der Waals surface area contributed by atoms with Crippen molar-refractivity contribution in [1.29, 1.82) is 0 Å². The molecule has 1 heterocycles. The molecule has 0 saturated heterocycles. The molecule has 0 unspecified atom stereocenters. The second kappa shape index (κ2) is 5.40. The van der Waals surface area contributed by atoms with Crippen molar-refractivity contribution in [2.24, 2.45) is 0 Å². The van der Waals surface area contributed by atoms with E-state index < -0.39 is 0 Å². The average Bonchev–Trinajstić information content (AvgIpc) is 2.66. The first-order valence-electron chi connectivity index (χ1n) is 5.71. The maximum Gasteiger partial charge on any atom is 0.182 e. The lowest BCUT2D eigenvalue weighted by Crippen LogP contribution is -2.08. The number of carbonyl (C=O) groups excluding carboxylic acids is 1. The molecule has 0 radical (unpaired) electrons. The fourth-order valence-corrected chi connectivity index (χ4v) is 2.66. The number of aromatic nitrogens is 1. The van der Waals surface area contributed by atoms with Gasteiger partial charge in [-0.25, -0.2) is 4.98 Å². The first kappa shape index (κ1) is 12.4. The van der Waals surface area contributed by atoms with E-state index in [4.69, 9.17) is 0 Å². The lowest BCUT2D eigenvalue weighted by atomic mass is 10.0. The van der Waals surface area contributed by atoms with Gasteiger partial charge in [-0.3, -0.25) is 4.79 Å². The zero-order chi connectivity index (χ0) is 11.4. The highest BCUT2D eigenvalue weighted by atomic mass is 32.1. The van der Waals surface area contributed by atoms with Crippen molar-refractivity contribution in [2.75, 3.05) is 0 Å². The third kappa shape index (κ3) is 2.65. The van der Waals surface area contributed by atoms with Crippen molar-refractivity contribution >= 4 is 17.1 Å². The lowest BCUT2D eigenvalue weighted by Gasteiger charge is -2.06. The molecule has 0 fully saturated rings. The van der Waals surface area contributed by atoms with Crippen LogP contribution in [0.1, 0.15) is 66.8 Å². The van der Waals surface area contributed by atoms with Gasteiger partial charge in [0, 0.05) is 17.2 Å². The molecule has 0 bridgehead atoms. The zero-order valence-electron chi connectivity index (χ0n) is 9.96. The van der Waals surface area contributed by atoms with Gasteiger partial charge in [0.15, 0.2) is 5.78 Å². The molecular weight excluding hydrogens is 206 g/mol. The predicted molar refractivity (Wildman–Crippen MR) is 64.8 cm³/mol. The summed E-state index contributed by atoms with van der Waals surface area (Å²) in [5.41, 5.74) is 0.764. The largest absolute Gasteiger partial charge is 0.292 e. The quantitative estimate of drug-likeness (QED) is 0.727. The van der Waals surface area contributed by atoms with Crippen LogP contribution in [0.5, 0.6) is 0 Å². The number of ketones is 1. The van der Waals surface area contributed by atoms with Crippen molar-refractivity contribution < 1.29 is 4.79 Å². The molecule has 0 saturated carbocycles. The van der Waals surface area contributed by atoms with Gasteiger partial charge in [0.1, 0.15) is 5.69 Å². The molecule has 1 aliphatic carbocycles. The van der Waals surface area contributed by atoms with E-state index in [-0.39, 0.29) is 5.78 Å². The Bertz CT molecular complexity index is 341. The highest BCUT2D eigenvalue weighted by Crippen LogP contribution is 2.30. The van der Waals surface area contributed by atoms with Crippen LogP contribution in [0, 0.1) is 0 Å². The van der Waals surface area contributed by atoms with Gasteiger partial charge in [-0.15, -0.1) is 11.3 Å². The molecule has 2 nitrogen and oxygen atoms in total.